The Hall–Kier alpha value is -2.28. The van der Waals surface area contributed by atoms with Crippen molar-refractivity contribution >= 4 is 17.6 Å². The molecule has 1 heterocycles. The Balaban J connectivity index is 2.01. The molecular weight excluding hydrogens is 338 g/mol. The van der Waals surface area contributed by atoms with E-state index in [9.17, 15) is 15.3 Å². The fourth-order valence-electron chi connectivity index (χ4n) is 2.30. The molecule has 1 aliphatic rings. The van der Waals surface area contributed by atoms with E-state index in [0.717, 1.165) is 29.4 Å². The Labute approximate surface area is 150 Å². The van der Waals surface area contributed by atoms with Gasteiger partial charge in [-0.3, -0.25) is 4.99 Å². The molecule has 1 saturated carbocycles. The summed E-state index contributed by atoms with van der Waals surface area (Å²) in [5, 5.41) is 35.6. The van der Waals surface area contributed by atoms with Crippen molar-refractivity contribution in [3.8, 4) is 17.2 Å². The third-order valence-electron chi connectivity index (χ3n) is 4.42. The molecule has 0 spiro atoms. The van der Waals surface area contributed by atoms with E-state index in [4.69, 9.17) is 4.99 Å². The molecule has 2 aromatic rings. The first-order chi connectivity index (χ1) is 11.9. The zero-order valence-corrected chi connectivity index (χ0v) is 15.4. The molecule has 7 heteroatoms. The molecule has 0 saturated heterocycles. The maximum Gasteiger partial charge on any atom is 0.206 e. The number of nitrogens with zero attached hydrogens (tertiary/aromatic N) is 3. The molecule has 1 aromatic carbocycles. The molecule has 0 bridgehead atoms. The first-order valence-corrected chi connectivity index (χ1v) is 9.28. The van der Waals surface area contributed by atoms with Gasteiger partial charge >= 0.3 is 0 Å². The minimum atomic E-state index is -0.363. The number of phenolic OH excluding ortho intramolecular Hbond substituents is 3. The molecule has 134 valence electrons. The van der Waals surface area contributed by atoms with E-state index in [-0.39, 0.29) is 23.3 Å². The van der Waals surface area contributed by atoms with Gasteiger partial charge in [-0.1, -0.05) is 13.8 Å². The lowest BCUT2D eigenvalue weighted by Crippen LogP contribution is -2.19. The first-order valence-electron chi connectivity index (χ1n) is 8.40. The fraction of sp³-hybridized carbons (Fsp3) is 0.444. The first kappa shape index (κ1) is 17.5. The van der Waals surface area contributed by atoms with Crippen LogP contribution in [-0.2, 0) is 0 Å². The standard InChI is InChI=1S/C18H23N3O3S/c1-10(2)11(3)20-18-21(14(9-25-18)12-4-5-12)19-8-13-6-16(23)17(24)7-15(13)22/h6-12,22-24H,4-5H2,1-3H3/b19-8+,20-18-. The predicted octanol–water partition coefficient (Wildman–Crippen LogP) is 3.37. The topological polar surface area (TPSA) is 90.3 Å². The number of rotatable bonds is 5. The van der Waals surface area contributed by atoms with Gasteiger partial charge in [-0.25, -0.2) is 4.68 Å². The van der Waals surface area contributed by atoms with Crippen LogP contribution >= 0.6 is 11.3 Å². The molecule has 0 aliphatic heterocycles. The molecule has 0 radical (unpaired) electrons. The van der Waals surface area contributed by atoms with Crippen LogP contribution in [0.1, 0.15) is 50.8 Å². The van der Waals surface area contributed by atoms with Gasteiger partial charge in [-0.2, -0.15) is 5.10 Å². The summed E-state index contributed by atoms with van der Waals surface area (Å²) < 4.78 is 1.82. The highest BCUT2D eigenvalue weighted by Gasteiger charge is 2.27. The van der Waals surface area contributed by atoms with Crippen molar-refractivity contribution in [2.75, 3.05) is 0 Å². The maximum atomic E-state index is 9.93. The molecular formula is C18H23N3O3S. The quantitative estimate of drug-likeness (QED) is 0.433. The summed E-state index contributed by atoms with van der Waals surface area (Å²) in [6, 6.07) is 2.56. The summed E-state index contributed by atoms with van der Waals surface area (Å²) in [7, 11) is 0. The van der Waals surface area contributed by atoms with Crippen molar-refractivity contribution in [2.45, 2.75) is 45.6 Å². The van der Waals surface area contributed by atoms with Gasteiger partial charge in [0.2, 0.25) is 4.80 Å². The number of hydrogen-bond acceptors (Lipinski definition) is 6. The highest BCUT2D eigenvalue weighted by atomic mass is 32.1. The van der Waals surface area contributed by atoms with Gasteiger partial charge in [-0.15, -0.1) is 11.3 Å². The summed E-state index contributed by atoms with van der Waals surface area (Å²) in [6.07, 6.45) is 3.78. The van der Waals surface area contributed by atoms with E-state index in [1.165, 1.54) is 12.3 Å². The lowest BCUT2D eigenvalue weighted by molar-refractivity contribution is 0.396. The number of phenols is 3. The summed E-state index contributed by atoms with van der Waals surface area (Å²) in [5.74, 6) is 0.140. The van der Waals surface area contributed by atoms with Gasteiger partial charge in [0.1, 0.15) is 5.75 Å². The van der Waals surface area contributed by atoms with Crippen molar-refractivity contribution in [3.63, 3.8) is 0 Å². The number of aromatic hydroxyl groups is 3. The van der Waals surface area contributed by atoms with Gasteiger partial charge < -0.3 is 15.3 Å². The van der Waals surface area contributed by atoms with E-state index >= 15 is 0 Å². The summed E-state index contributed by atoms with van der Waals surface area (Å²) in [5.41, 5.74) is 1.46. The normalized spacial score (nSPS) is 16.9. The van der Waals surface area contributed by atoms with E-state index < -0.39 is 0 Å². The second-order valence-electron chi connectivity index (χ2n) is 6.79. The smallest absolute Gasteiger partial charge is 0.206 e. The van der Waals surface area contributed by atoms with Gasteiger partial charge in [0.15, 0.2) is 11.5 Å². The predicted molar refractivity (Wildman–Crippen MR) is 98.6 cm³/mol. The Morgan fingerprint density at radius 1 is 1.12 bits per heavy atom. The van der Waals surface area contributed by atoms with E-state index in [1.54, 1.807) is 11.3 Å². The summed E-state index contributed by atoms with van der Waals surface area (Å²) in [6.45, 7) is 6.35. The van der Waals surface area contributed by atoms with Gasteiger partial charge in [0.05, 0.1) is 18.0 Å². The van der Waals surface area contributed by atoms with Crippen molar-refractivity contribution in [1.29, 1.82) is 0 Å². The average Bonchev–Trinajstić information content (AvgIpc) is 3.32. The van der Waals surface area contributed by atoms with Crippen molar-refractivity contribution in [1.82, 2.24) is 4.68 Å². The molecule has 1 aromatic heterocycles. The SMILES string of the molecule is CC(C)C(C)/N=c1\scc(C2CC2)n1/N=C/c1cc(O)c(O)cc1O. The maximum absolute atomic E-state index is 9.93. The van der Waals surface area contributed by atoms with E-state index in [1.807, 2.05) is 4.68 Å². The van der Waals surface area contributed by atoms with Crippen LogP contribution in [0.5, 0.6) is 17.2 Å². The van der Waals surface area contributed by atoms with Crippen molar-refractivity contribution in [2.24, 2.45) is 16.0 Å². The molecule has 1 aliphatic carbocycles. The lowest BCUT2D eigenvalue weighted by Gasteiger charge is -2.09. The molecule has 3 N–H and O–H groups in total. The van der Waals surface area contributed by atoms with E-state index in [2.05, 4.69) is 31.3 Å². The van der Waals surface area contributed by atoms with Crippen LogP contribution in [0.3, 0.4) is 0 Å². The fourth-order valence-corrected chi connectivity index (χ4v) is 3.30. The van der Waals surface area contributed by atoms with Crippen LogP contribution in [0.2, 0.25) is 0 Å². The van der Waals surface area contributed by atoms with Crippen LogP contribution in [0.25, 0.3) is 0 Å². The number of aromatic nitrogens is 1. The average molecular weight is 361 g/mol. The number of benzene rings is 1. The molecule has 0 amide bonds. The van der Waals surface area contributed by atoms with Gasteiger partial charge in [-0.05, 0) is 31.7 Å². The zero-order chi connectivity index (χ0) is 18.1. The number of thiazole rings is 1. The van der Waals surface area contributed by atoms with Crippen molar-refractivity contribution < 1.29 is 15.3 Å². The monoisotopic (exact) mass is 361 g/mol. The molecule has 25 heavy (non-hydrogen) atoms. The van der Waals surface area contributed by atoms with Crippen LogP contribution in [-0.4, -0.2) is 32.3 Å². The highest BCUT2D eigenvalue weighted by molar-refractivity contribution is 7.07. The summed E-state index contributed by atoms with van der Waals surface area (Å²) in [4.78, 5) is 5.59. The highest BCUT2D eigenvalue weighted by Crippen LogP contribution is 2.40. The Kier molecular flexibility index (Phi) is 4.85. The van der Waals surface area contributed by atoms with Crippen LogP contribution in [0, 0.1) is 5.92 Å². The molecule has 3 rings (SSSR count). The Morgan fingerprint density at radius 3 is 2.44 bits per heavy atom. The Bertz CT molecular complexity index is 863. The second kappa shape index (κ2) is 6.92. The molecule has 1 atom stereocenters. The zero-order valence-electron chi connectivity index (χ0n) is 14.5. The number of hydrogen-bond donors (Lipinski definition) is 3. The van der Waals surface area contributed by atoms with E-state index in [0.29, 0.717) is 17.4 Å². The largest absolute Gasteiger partial charge is 0.507 e. The second-order valence-corrected chi connectivity index (χ2v) is 7.62. The van der Waals surface area contributed by atoms with Crippen LogP contribution in [0.4, 0.5) is 0 Å². The van der Waals surface area contributed by atoms with Crippen molar-refractivity contribution in [3.05, 3.63) is 33.6 Å². The Morgan fingerprint density at radius 2 is 1.80 bits per heavy atom. The minimum Gasteiger partial charge on any atom is -0.507 e. The van der Waals surface area contributed by atoms with Crippen LogP contribution < -0.4 is 4.80 Å². The van der Waals surface area contributed by atoms with Gasteiger partial charge in [0, 0.05) is 22.9 Å². The lowest BCUT2D eigenvalue weighted by atomic mass is 10.1. The molecule has 1 fully saturated rings. The molecule has 6 nitrogen and oxygen atoms in total. The van der Waals surface area contributed by atoms with Gasteiger partial charge in [0.25, 0.3) is 0 Å². The third kappa shape index (κ3) is 3.87. The van der Waals surface area contributed by atoms with Crippen LogP contribution in [0.15, 0.2) is 27.6 Å². The minimum absolute atomic E-state index is 0.142. The molecule has 1 unspecified atom stereocenters. The third-order valence-corrected chi connectivity index (χ3v) is 5.27. The summed E-state index contributed by atoms with van der Waals surface area (Å²) >= 11 is 1.57.